The van der Waals surface area contributed by atoms with Crippen molar-refractivity contribution in [3.8, 4) is 6.07 Å². The van der Waals surface area contributed by atoms with Crippen LogP contribution in [0.4, 0.5) is 10.1 Å². The number of carbonyl (C=O) groups is 2. The first-order valence-electron chi connectivity index (χ1n) is 5.77. The normalized spacial score (nSPS) is 10.2. The summed E-state index contributed by atoms with van der Waals surface area (Å²) in [4.78, 5) is 23.0. The van der Waals surface area contributed by atoms with Gasteiger partial charge in [0.25, 0.3) is 0 Å². The second-order valence-electron chi connectivity index (χ2n) is 4.30. The van der Waals surface area contributed by atoms with E-state index in [-0.39, 0.29) is 17.0 Å². The highest BCUT2D eigenvalue weighted by Crippen LogP contribution is 2.29. The molecule has 21 heavy (non-hydrogen) atoms. The topological polar surface area (TPSA) is 74.9 Å². The number of hydrogen-bond acceptors (Lipinski definition) is 3. The van der Waals surface area contributed by atoms with E-state index in [0.29, 0.717) is 10.9 Å². The van der Waals surface area contributed by atoms with Crippen molar-refractivity contribution in [3.05, 3.63) is 41.9 Å². The quantitative estimate of drug-likeness (QED) is 0.374. The number of benzene rings is 1. The molecule has 0 radical (unpaired) electrons. The minimum atomic E-state index is -0.599. The Morgan fingerprint density at radius 3 is 2.67 bits per heavy atom. The average molecular weight is 397 g/mol. The summed E-state index contributed by atoms with van der Waals surface area (Å²) >= 11 is 1.87. The predicted octanol–water partition coefficient (Wildman–Crippen LogP) is 3.20. The lowest BCUT2D eigenvalue weighted by atomic mass is 10.1. The molecule has 7 heteroatoms. The lowest BCUT2D eigenvalue weighted by Gasteiger charge is -2.05. The monoisotopic (exact) mass is 397 g/mol. The van der Waals surface area contributed by atoms with Gasteiger partial charge in [0, 0.05) is 12.3 Å². The molecular formula is C14H9FIN3O2. The Kier molecular flexibility index (Phi) is 4.09. The van der Waals surface area contributed by atoms with E-state index in [4.69, 9.17) is 5.26 Å². The Morgan fingerprint density at radius 2 is 2.10 bits per heavy atom. The second kappa shape index (κ2) is 5.65. The number of nitrogens with zero attached hydrogens (tertiary/aromatic N) is 2. The first-order chi connectivity index (χ1) is 9.85. The van der Waals surface area contributed by atoms with Crippen molar-refractivity contribution in [2.45, 2.75) is 6.92 Å². The molecule has 0 saturated heterocycles. The highest BCUT2D eigenvalue weighted by atomic mass is 127. The SMILES string of the molecule is C=C(C#N)C(=O)c1cc2cc(F)c(NC(C)=O)cc2n1I. The lowest BCUT2D eigenvalue weighted by Crippen LogP contribution is -2.07. The molecule has 106 valence electrons. The van der Waals surface area contributed by atoms with Gasteiger partial charge >= 0.3 is 0 Å². The number of allylic oxidation sites excluding steroid dienone is 1. The molecule has 0 aliphatic rings. The average Bonchev–Trinajstić information content (AvgIpc) is 2.74. The Hall–Kier alpha value is -2.21. The van der Waals surface area contributed by atoms with Gasteiger partial charge in [-0.3, -0.25) is 12.4 Å². The number of hydrogen-bond donors (Lipinski definition) is 1. The van der Waals surface area contributed by atoms with Crippen molar-refractivity contribution in [1.82, 2.24) is 2.78 Å². The van der Waals surface area contributed by atoms with Gasteiger partial charge in [0.1, 0.15) is 17.6 Å². The number of aromatic nitrogens is 1. The maximum Gasteiger partial charge on any atom is 0.221 e. The molecular weight excluding hydrogens is 388 g/mol. The molecule has 2 aromatic rings. The smallest absolute Gasteiger partial charge is 0.221 e. The van der Waals surface area contributed by atoms with Gasteiger partial charge in [-0.1, -0.05) is 6.58 Å². The van der Waals surface area contributed by atoms with Crippen LogP contribution in [0.1, 0.15) is 17.4 Å². The largest absolute Gasteiger partial charge is 0.324 e. The Balaban J connectivity index is 2.62. The zero-order chi connectivity index (χ0) is 15.7. The third-order valence-electron chi connectivity index (χ3n) is 2.78. The molecule has 1 aromatic carbocycles. The number of fused-ring (bicyclic) bond motifs is 1. The van der Waals surface area contributed by atoms with Crippen LogP contribution >= 0.6 is 22.9 Å². The van der Waals surface area contributed by atoms with Crippen LogP contribution in [0.3, 0.4) is 0 Å². The molecule has 1 heterocycles. The van der Waals surface area contributed by atoms with E-state index in [0.717, 1.165) is 0 Å². The summed E-state index contributed by atoms with van der Waals surface area (Å²) in [6.45, 7) is 4.65. The molecule has 0 atom stereocenters. The van der Waals surface area contributed by atoms with E-state index in [9.17, 15) is 14.0 Å². The maximum absolute atomic E-state index is 13.9. The first-order valence-corrected chi connectivity index (χ1v) is 6.74. The fraction of sp³-hybridized carbons (Fsp3) is 0.0714. The van der Waals surface area contributed by atoms with Gasteiger partial charge < -0.3 is 5.32 Å². The van der Waals surface area contributed by atoms with Gasteiger partial charge in [-0.15, -0.1) is 0 Å². The van der Waals surface area contributed by atoms with E-state index in [1.807, 2.05) is 22.9 Å². The van der Waals surface area contributed by atoms with E-state index in [2.05, 4.69) is 11.9 Å². The fourth-order valence-corrected chi connectivity index (χ4v) is 2.62. The summed E-state index contributed by atoms with van der Waals surface area (Å²) in [6.07, 6.45) is 0. The van der Waals surface area contributed by atoms with E-state index in [1.54, 1.807) is 6.07 Å². The van der Waals surface area contributed by atoms with Crippen LogP contribution in [-0.4, -0.2) is 14.5 Å². The van der Waals surface area contributed by atoms with Crippen LogP contribution in [0.15, 0.2) is 30.4 Å². The number of carbonyl (C=O) groups excluding carboxylic acids is 2. The lowest BCUT2D eigenvalue weighted by molar-refractivity contribution is -0.114. The maximum atomic E-state index is 13.9. The Labute approximate surface area is 133 Å². The molecule has 1 aromatic heterocycles. The van der Waals surface area contributed by atoms with Gasteiger partial charge in [-0.25, -0.2) is 4.39 Å². The molecule has 0 saturated carbocycles. The molecule has 1 amide bonds. The zero-order valence-electron chi connectivity index (χ0n) is 10.9. The van der Waals surface area contributed by atoms with Crippen molar-refractivity contribution in [3.63, 3.8) is 0 Å². The van der Waals surface area contributed by atoms with Crippen LogP contribution in [0, 0.1) is 17.1 Å². The molecule has 0 bridgehead atoms. The zero-order valence-corrected chi connectivity index (χ0v) is 13.1. The van der Waals surface area contributed by atoms with Gasteiger partial charge in [-0.05, 0) is 18.2 Å². The summed E-state index contributed by atoms with van der Waals surface area (Å²) in [5, 5.41) is 11.6. The molecule has 5 nitrogen and oxygen atoms in total. The standard InChI is InChI=1S/C14H9FIN3O2/c1-7(6-17)14(21)13-4-9-3-10(15)11(18-8(2)20)5-12(9)19(13)16/h3-5H,1H2,2H3,(H,18,20). The summed E-state index contributed by atoms with van der Waals surface area (Å²) in [5.74, 6) is -1.52. The summed E-state index contributed by atoms with van der Waals surface area (Å²) in [7, 11) is 0. The molecule has 0 spiro atoms. The minimum absolute atomic E-state index is 0.0316. The third-order valence-corrected chi connectivity index (χ3v) is 3.82. The molecule has 1 N–H and O–H groups in total. The molecule has 0 fully saturated rings. The highest BCUT2D eigenvalue weighted by molar-refractivity contribution is 14.1. The minimum Gasteiger partial charge on any atom is -0.324 e. The van der Waals surface area contributed by atoms with Gasteiger partial charge in [0.05, 0.1) is 39.6 Å². The molecule has 0 aliphatic heterocycles. The first kappa shape index (κ1) is 15.2. The van der Waals surface area contributed by atoms with E-state index in [1.165, 1.54) is 27.9 Å². The van der Waals surface area contributed by atoms with Gasteiger partial charge in [0.2, 0.25) is 11.7 Å². The fourth-order valence-electron chi connectivity index (χ4n) is 1.84. The summed E-state index contributed by atoms with van der Waals surface area (Å²) in [5.41, 5.74) is 0.605. The molecule has 0 aliphatic carbocycles. The number of ketones is 1. The number of Topliss-reactive ketones (excluding diaryl/α,β-unsaturated/α-hetero) is 1. The van der Waals surface area contributed by atoms with Crippen molar-refractivity contribution in [2.75, 3.05) is 5.32 Å². The van der Waals surface area contributed by atoms with Crippen molar-refractivity contribution >= 4 is 51.1 Å². The summed E-state index contributed by atoms with van der Waals surface area (Å²) < 4.78 is 15.4. The Bertz CT molecular complexity index is 833. The number of nitrogens with one attached hydrogen (secondary N) is 1. The van der Waals surface area contributed by atoms with Crippen LogP contribution in [0.25, 0.3) is 10.9 Å². The highest BCUT2D eigenvalue weighted by Gasteiger charge is 2.18. The number of rotatable bonds is 3. The van der Waals surface area contributed by atoms with Crippen molar-refractivity contribution < 1.29 is 14.0 Å². The Morgan fingerprint density at radius 1 is 1.43 bits per heavy atom. The van der Waals surface area contributed by atoms with Crippen LogP contribution in [0.2, 0.25) is 0 Å². The van der Waals surface area contributed by atoms with Crippen molar-refractivity contribution in [2.24, 2.45) is 0 Å². The van der Waals surface area contributed by atoms with Gasteiger partial charge in [-0.2, -0.15) is 5.26 Å². The van der Waals surface area contributed by atoms with E-state index >= 15 is 0 Å². The number of halogens is 2. The predicted molar refractivity (Wildman–Crippen MR) is 84.7 cm³/mol. The molecule has 0 unspecified atom stereocenters. The third kappa shape index (κ3) is 2.80. The van der Waals surface area contributed by atoms with Gasteiger partial charge in [0.15, 0.2) is 0 Å². The van der Waals surface area contributed by atoms with Crippen molar-refractivity contribution in [1.29, 1.82) is 5.26 Å². The number of anilines is 1. The second-order valence-corrected chi connectivity index (χ2v) is 5.27. The van der Waals surface area contributed by atoms with Crippen LogP contribution in [0.5, 0.6) is 0 Å². The van der Waals surface area contributed by atoms with Crippen LogP contribution in [-0.2, 0) is 4.79 Å². The van der Waals surface area contributed by atoms with Crippen LogP contribution < -0.4 is 5.32 Å². The number of amides is 1. The molecule has 2 rings (SSSR count). The summed E-state index contributed by atoms with van der Waals surface area (Å²) in [6, 6.07) is 5.83. The number of nitriles is 1. The van der Waals surface area contributed by atoms with E-state index < -0.39 is 17.5 Å².